The molecule has 22 heavy (non-hydrogen) atoms. The van der Waals surface area contributed by atoms with Gasteiger partial charge in [-0.25, -0.2) is 0 Å². The molecule has 1 fully saturated rings. The number of piperazine rings is 1. The van der Waals surface area contributed by atoms with E-state index in [1.54, 1.807) is 12.1 Å². The molecule has 1 unspecified atom stereocenters. The molecule has 0 saturated carbocycles. The molecule has 1 heterocycles. The van der Waals surface area contributed by atoms with Crippen LogP contribution in [0.5, 0.6) is 0 Å². The first-order valence-corrected chi connectivity index (χ1v) is 7.42. The number of carbonyl (C=O) groups is 1. The van der Waals surface area contributed by atoms with Gasteiger partial charge in [0.2, 0.25) is 5.91 Å². The molecule has 0 aromatic heterocycles. The fraction of sp³-hybridized carbons (Fsp3) is 0.533. The standard InChI is InChI=1S/C15H22N4O3/c1-12(13-4-3-5-14(10-13)19(21)22)17(2)11-15(20)18-8-6-16-7-9-18/h3-5,10,12,16H,6-9,11H2,1-2H3. The van der Waals surface area contributed by atoms with Crippen LogP contribution in [0.3, 0.4) is 0 Å². The number of carbonyl (C=O) groups excluding carboxylic acids is 1. The molecular formula is C15H22N4O3. The van der Waals surface area contributed by atoms with Gasteiger partial charge < -0.3 is 10.2 Å². The van der Waals surface area contributed by atoms with Crippen molar-refractivity contribution in [3.05, 3.63) is 39.9 Å². The van der Waals surface area contributed by atoms with Crippen LogP contribution in [0, 0.1) is 10.1 Å². The second-order valence-electron chi connectivity index (χ2n) is 5.57. The Morgan fingerprint density at radius 1 is 1.45 bits per heavy atom. The third kappa shape index (κ3) is 4.02. The predicted molar refractivity (Wildman–Crippen MR) is 83.6 cm³/mol. The smallest absolute Gasteiger partial charge is 0.269 e. The number of rotatable bonds is 5. The van der Waals surface area contributed by atoms with Crippen molar-refractivity contribution in [2.45, 2.75) is 13.0 Å². The summed E-state index contributed by atoms with van der Waals surface area (Å²) < 4.78 is 0. The van der Waals surface area contributed by atoms with Crippen molar-refractivity contribution in [3.63, 3.8) is 0 Å². The minimum Gasteiger partial charge on any atom is -0.339 e. The van der Waals surface area contributed by atoms with Gasteiger partial charge in [-0.05, 0) is 19.5 Å². The summed E-state index contributed by atoms with van der Waals surface area (Å²) in [5.41, 5.74) is 0.913. The summed E-state index contributed by atoms with van der Waals surface area (Å²) in [5.74, 6) is 0.0984. The molecule has 120 valence electrons. The number of non-ortho nitro benzene ring substituents is 1. The number of amides is 1. The van der Waals surface area contributed by atoms with Gasteiger partial charge in [0.25, 0.3) is 5.69 Å². The number of likely N-dealkylation sites (N-methyl/N-ethyl adjacent to an activating group) is 1. The highest BCUT2D eigenvalue weighted by Crippen LogP contribution is 2.22. The lowest BCUT2D eigenvalue weighted by Gasteiger charge is -2.31. The number of hydrogen-bond donors (Lipinski definition) is 1. The van der Waals surface area contributed by atoms with E-state index in [2.05, 4.69) is 5.32 Å². The zero-order valence-corrected chi connectivity index (χ0v) is 13.0. The Morgan fingerprint density at radius 2 is 2.14 bits per heavy atom. The van der Waals surface area contributed by atoms with Crippen LogP contribution in [0.1, 0.15) is 18.5 Å². The van der Waals surface area contributed by atoms with Gasteiger partial charge in [-0.2, -0.15) is 0 Å². The molecule has 2 rings (SSSR count). The molecule has 1 aliphatic rings. The van der Waals surface area contributed by atoms with Crippen LogP contribution in [-0.4, -0.2) is 60.4 Å². The van der Waals surface area contributed by atoms with Crippen LogP contribution in [0.2, 0.25) is 0 Å². The van der Waals surface area contributed by atoms with Gasteiger partial charge in [-0.15, -0.1) is 0 Å². The Kier molecular flexibility index (Phi) is 5.46. The fourth-order valence-electron chi connectivity index (χ4n) is 2.52. The van der Waals surface area contributed by atoms with E-state index in [9.17, 15) is 14.9 Å². The summed E-state index contributed by atoms with van der Waals surface area (Å²) in [4.78, 5) is 26.5. The maximum Gasteiger partial charge on any atom is 0.269 e. The van der Waals surface area contributed by atoms with Gasteiger partial charge in [0.05, 0.1) is 11.5 Å². The minimum atomic E-state index is -0.401. The van der Waals surface area contributed by atoms with E-state index in [1.807, 2.05) is 29.8 Å². The van der Waals surface area contributed by atoms with Crippen molar-refractivity contribution in [1.29, 1.82) is 0 Å². The van der Waals surface area contributed by atoms with Crippen LogP contribution in [0.4, 0.5) is 5.69 Å². The molecule has 1 N–H and O–H groups in total. The monoisotopic (exact) mass is 306 g/mol. The number of nitrogens with zero attached hydrogens (tertiary/aromatic N) is 3. The van der Waals surface area contributed by atoms with E-state index in [0.717, 1.165) is 31.7 Å². The predicted octanol–water partition coefficient (Wildman–Crippen LogP) is 1.02. The third-order valence-electron chi connectivity index (χ3n) is 4.08. The van der Waals surface area contributed by atoms with Gasteiger partial charge in [0.1, 0.15) is 0 Å². The maximum atomic E-state index is 12.3. The Hall–Kier alpha value is -1.99. The molecule has 1 amide bonds. The second kappa shape index (κ2) is 7.33. The maximum absolute atomic E-state index is 12.3. The number of benzene rings is 1. The molecule has 0 radical (unpaired) electrons. The highest BCUT2D eigenvalue weighted by Gasteiger charge is 2.21. The molecule has 1 aliphatic heterocycles. The zero-order valence-electron chi connectivity index (χ0n) is 13.0. The number of nitro benzene ring substituents is 1. The Morgan fingerprint density at radius 3 is 2.77 bits per heavy atom. The first-order chi connectivity index (χ1) is 10.5. The van der Waals surface area contributed by atoms with Crippen molar-refractivity contribution < 1.29 is 9.72 Å². The number of hydrogen-bond acceptors (Lipinski definition) is 5. The van der Waals surface area contributed by atoms with Gasteiger partial charge >= 0.3 is 0 Å². The summed E-state index contributed by atoms with van der Waals surface area (Å²) >= 11 is 0. The van der Waals surface area contributed by atoms with E-state index in [0.29, 0.717) is 6.54 Å². The molecule has 0 aliphatic carbocycles. The Balaban J connectivity index is 1.99. The molecule has 1 saturated heterocycles. The molecule has 7 heteroatoms. The van der Waals surface area contributed by atoms with Gasteiger partial charge in [-0.1, -0.05) is 12.1 Å². The van der Waals surface area contributed by atoms with E-state index >= 15 is 0 Å². The molecule has 0 spiro atoms. The van der Waals surface area contributed by atoms with Crippen LogP contribution < -0.4 is 5.32 Å². The van der Waals surface area contributed by atoms with Crippen molar-refractivity contribution in [2.24, 2.45) is 0 Å². The van der Waals surface area contributed by atoms with Crippen molar-refractivity contribution in [2.75, 3.05) is 39.8 Å². The molecule has 1 atom stereocenters. The highest BCUT2D eigenvalue weighted by atomic mass is 16.6. The zero-order chi connectivity index (χ0) is 16.1. The van der Waals surface area contributed by atoms with E-state index in [4.69, 9.17) is 0 Å². The van der Waals surface area contributed by atoms with Crippen LogP contribution in [-0.2, 0) is 4.79 Å². The number of nitro groups is 1. The second-order valence-corrected chi connectivity index (χ2v) is 5.57. The number of nitrogens with one attached hydrogen (secondary N) is 1. The van der Waals surface area contributed by atoms with E-state index in [1.165, 1.54) is 6.07 Å². The summed E-state index contributed by atoms with van der Waals surface area (Å²) in [5, 5.41) is 14.1. The molecule has 0 bridgehead atoms. The molecule has 7 nitrogen and oxygen atoms in total. The van der Waals surface area contributed by atoms with Gasteiger partial charge in [0, 0.05) is 44.4 Å². The Bertz CT molecular complexity index is 543. The van der Waals surface area contributed by atoms with E-state index in [-0.39, 0.29) is 17.6 Å². The largest absolute Gasteiger partial charge is 0.339 e. The van der Waals surface area contributed by atoms with Gasteiger partial charge in [0.15, 0.2) is 0 Å². The highest BCUT2D eigenvalue weighted by molar-refractivity contribution is 5.78. The lowest BCUT2D eigenvalue weighted by molar-refractivity contribution is -0.384. The van der Waals surface area contributed by atoms with Crippen LogP contribution in [0.25, 0.3) is 0 Å². The average Bonchev–Trinajstić information content (AvgIpc) is 2.54. The van der Waals surface area contributed by atoms with Crippen molar-refractivity contribution >= 4 is 11.6 Å². The van der Waals surface area contributed by atoms with Crippen molar-refractivity contribution in [3.8, 4) is 0 Å². The first-order valence-electron chi connectivity index (χ1n) is 7.42. The minimum absolute atomic E-state index is 0.0632. The first kappa shape index (κ1) is 16.4. The lowest BCUT2D eigenvalue weighted by atomic mass is 10.1. The third-order valence-corrected chi connectivity index (χ3v) is 4.08. The summed E-state index contributed by atoms with van der Waals surface area (Å²) in [6.45, 7) is 5.38. The molecular weight excluding hydrogens is 284 g/mol. The topological polar surface area (TPSA) is 78.7 Å². The SMILES string of the molecule is CC(c1cccc([N+](=O)[O-])c1)N(C)CC(=O)N1CCNCC1. The summed E-state index contributed by atoms with van der Waals surface area (Å²) in [7, 11) is 1.86. The lowest BCUT2D eigenvalue weighted by Crippen LogP contribution is -2.49. The van der Waals surface area contributed by atoms with Crippen LogP contribution in [0.15, 0.2) is 24.3 Å². The normalized spacial score (nSPS) is 16.6. The quantitative estimate of drug-likeness (QED) is 0.649. The average molecular weight is 306 g/mol. The van der Waals surface area contributed by atoms with E-state index < -0.39 is 4.92 Å². The van der Waals surface area contributed by atoms with Crippen molar-refractivity contribution in [1.82, 2.24) is 15.1 Å². The summed E-state index contributed by atoms with van der Waals surface area (Å²) in [6.07, 6.45) is 0. The summed E-state index contributed by atoms with van der Waals surface area (Å²) in [6, 6.07) is 6.50. The van der Waals surface area contributed by atoms with Gasteiger partial charge in [-0.3, -0.25) is 19.8 Å². The fourth-order valence-corrected chi connectivity index (χ4v) is 2.52. The Labute approximate surface area is 130 Å². The molecule has 1 aromatic rings. The van der Waals surface area contributed by atoms with Crippen LogP contribution >= 0.6 is 0 Å². The molecule has 1 aromatic carbocycles.